The molecule has 2 aromatic rings. The third-order valence-electron chi connectivity index (χ3n) is 4.12. The van der Waals surface area contributed by atoms with Crippen LogP contribution in [0.5, 0.6) is 0 Å². The first-order valence-electron chi connectivity index (χ1n) is 6.96. The SMILES string of the molecule is CNC1(C)CCN(Cc2nnc(-c3cccs3)o2)CC1. The summed E-state index contributed by atoms with van der Waals surface area (Å²) < 4.78 is 5.74. The van der Waals surface area contributed by atoms with E-state index >= 15 is 0 Å². The Morgan fingerprint density at radius 3 is 2.85 bits per heavy atom. The molecule has 1 fully saturated rings. The molecule has 3 rings (SSSR count). The van der Waals surface area contributed by atoms with Crippen molar-refractivity contribution in [3.8, 4) is 10.8 Å². The van der Waals surface area contributed by atoms with Crippen LogP contribution in [0, 0.1) is 0 Å². The van der Waals surface area contributed by atoms with Crippen LogP contribution in [0.15, 0.2) is 21.9 Å². The summed E-state index contributed by atoms with van der Waals surface area (Å²) in [7, 11) is 2.04. The minimum Gasteiger partial charge on any atom is -0.419 e. The molecule has 0 aliphatic carbocycles. The molecular formula is C14H20N4OS. The van der Waals surface area contributed by atoms with Crippen molar-refractivity contribution in [2.45, 2.75) is 31.8 Å². The van der Waals surface area contributed by atoms with Gasteiger partial charge in [0.2, 0.25) is 5.89 Å². The summed E-state index contributed by atoms with van der Waals surface area (Å²) in [5.74, 6) is 1.34. The Labute approximate surface area is 123 Å². The van der Waals surface area contributed by atoms with Crippen molar-refractivity contribution in [3.05, 3.63) is 23.4 Å². The molecule has 0 aromatic carbocycles. The molecule has 3 heterocycles. The van der Waals surface area contributed by atoms with E-state index < -0.39 is 0 Å². The first kappa shape index (κ1) is 13.7. The fourth-order valence-corrected chi connectivity index (χ4v) is 3.11. The van der Waals surface area contributed by atoms with Gasteiger partial charge in [0.1, 0.15) is 0 Å². The molecule has 6 heteroatoms. The zero-order chi connectivity index (χ0) is 14.0. The maximum atomic E-state index is 5.74. The minimum absolute atomic E-state index is 0.271. The maximum absolute atomic E-state index is 5.74. The normalized spacial score (nSPS) is 19.3. The number of hydrogen-bond acceptors (Lipinski definition) is 6. The lowest BCUT2D eigenvalue weighted by atomic mass is 9.90. The van der Waals surface area contributed by atoms with E-state index in [4.69, 9.17) is 4.42 Å². The Balaban J connectivity index is 1.59. The summed E-state index contributed by atoms with van der Waals surface area (Å²) in [6, 6.07) is 3.99. The van der Waals surface area contributed by atoms with Gasteiger partial charge in [0.25, 0.3) is 5.89 Å². The molecule has 0 amide bonds. The Morgan fingerprint density at radius 1 is 1.40 bits per heavy atom. The van der Waals surface area contributed by atoms with Crippen LogP contribution in [-0.2, 0) is 6.54 Å². The van der Waals surface area contributed by atoms with E-state index in [2.05, 4.69) is 27.3 Å². The Kier molecular flexibility index (Phi) is 3.87. The van der Waals surface area contributed by atoms with E-state index in [1.165, 1.54) is 0 Å². The standard InChI is InChI=1S/C14H20N4OS/c1-14(15-2)5-7-18(8-6-14)10-12-16-17-13(19-12)11-4-3-9-20-11/h3-4,9,15H,5-8,10H2,1-2H3. The number of piperidine rings is 1. The van der Waals surface area contributed by atoms with Crippen molar-refractivity contribution in [1.29, 1.82) is 0 Å². The zero-order valence-corrected chi connectivity index (χ0v) is 12.7. The number of nitrogens with zero attached hydrogens (tertiary/aromatic N) is 3. The van der Waals surface area contributed by atoms with Gasteiger partial charge in [-0.1, -0.05) is 6.07 Å². The third-order valence-corrected chi connectivity index (χ3v) is 4.98. The lowest BCUT2D eigenvalue weighted by Crippen LogP contribution is -2.49. The van der Waals surface area contributed by atoms with E-state index in [0.29, 0.717) is 11.8 Å². The number of hydrogen-bond donors (Lipinski definition) is 1. The molecule has 2 aromatic heterocycles. The topological polar surface area (TPSA) is 54.2 Å². The van der Waals surface area contributed by atoms with Crippen LogP contribution in [0.2, 0.25) is 0 Å². The first-order chi connectivity index (χ1) is 9.68. The largest absolute Gasteiger partial charge is 0.419 e. The second-order valence-corrected chi connectivity index (χ2v) is 6.51. The third kappa shape index (κ3) is 2.92. The van der Waals surface area contributed by atoms with Gasteiger partial charge in [-0.25, -0.2) is 0 Å². The van der Waals surface area contributed by atoms with Crippen LogP contribution >= 0.6 is 11.3 Å². The van der Waals surface area contributed by atoms with Crippen LogP contribution in [0.4, 0.5) is 0 Å². The number of rotatable bonds is 4. The Morgan fingerprint density at radius 2 is 2.20 bits per heavy atom. The highest BCUT2D eigenvalue weighted by Crippen LogP contribution is 2.25. The molecule has 0 atom stereocenters. The van der Waals surface area contributed by atoms with Gasteiger partial charge in [0.05, 0.1) is 11.4 Å². The van der Waals surface area contributed by atoms with Gasteiger partial charge in [-0.15, -0.1) is 21.5 Å². The highest BCUT2D eigenvalue weighted by Gasteiger charge is 2.28. The number of aromatic nitrogens is 2. The number of likely N-dealkylation sites (tertiary alicyclic amines) is 1. The van der Waals surface area contributed by atoms with E-state index in [1.807, 2.05) is 24.6 Å². The van der Waals surface area contributed by atoms with Crippen molar-refractivity contribution >= 4 is 11.3 Å². The van der Waals surface area contributed by atoms with Gasteiger partial charge in [-0.3, -0.25) is 4.90 Å². The van der Waals surface area contributed by atoms with Crippen molar-refractivity contribution in [2.24, 2.45) is 0 Å². The van der Waals surface area contributed by atoms with Gasteiger partial charge >= 0.3 is 0 Å². The molecule has 5 nitrogen and oxygen atoms in total. The lowest BCUT2D eigenvalue weighted by Gasteiger charge is -2.38. The van der Waals surface area contributed by atoms with Crippen molar-refractivity contribution in [2.75, 3.05) is 20.1 Å². The summed E-state index contributed by atoms with van der Waals surface area (Å²) in [4.78, 5) is 3.41. The molecule has 0 saturated carbocycles. The zero-order valence-electron chi connectivity index (χ0n) is 11.9. The first-order valence-corrected chi connectivity index (χ1v) is 7.84. The fourth-order valence-electron chi connectivity index (χ4n) is 2.46. The van der Waals surface area contributed by atoms with Crippen LogP contribution in [-0.4, -0.2) is 40.8 Å². The second kappa shape index (κ2) is 5.63. The predicted octanol–water partition coefficient (Wildman–Crippen LogP) is 2.37. The second-order valence-electron chi connectivity index (χ2n) is 5.57. The van der Waals surface area contributed by atoms with Crippen LogP contribution in [0.1, 0.15) is 25.7 Å². The lowest BCUT2D eigenvalue weighted by molar-refractivity contribution is 0.137. The molecule has 1 aliphatic rings. The molecule has 0 radical (unpaired) electrons. The van der Waals surface area contributed by atoms with Gasteiger partial charge in [-0.05, 0) is 38.3 Å². The highest BCUT2D eigenvalue weighted by molar-refractivity contribution is 7.13. The average Bonchev–Trinajstić information content (AvgIpc) is 3.12. The average molecular weight is 292 g/mol. The van der Waals surface area contributed by atoms with E-state index in [-0.39, 0.29) is 5.54 Å². The molecule has 20 heavy (non-hydrogen) atoms. The summed E-state index contributed by atoms with van der Waals surface area (Å²) >= 11 is 1.62. The summed E-state index contributed by atoms with van der Waals surface area (Å²) in [6.07, 6.45) is 2.30. The van der Waals surface area contributed by atoms with Crippen molar-refractivity contribution in [3.63, 3.8) is 0 Å². The quantitative estimate of drug-likeness (QED) is 0.937. The molecular weight excluding hydrogens is 272 g/mol. The molecule has 0 bridgehead atoms. The number of thiophene rings is 1. The highest BCUT2D eigenvalue weighted by atomic mass is 32.1. The van der Waals surface area contributed by atoms with Gasteiger partial charge in [0, 0.05) is 18.6 Å². The van der Waals surface area contributed by atoms with Gasteiger partial charge in [0.15, 0.2) is 0 Å². The van der Waals surface area contributed by atoms with Crippen LogP contribution in [0.25, 0.3) is 10.8 Å². The fraction of sp³-hybridized carbons (Fsp3) is 0.571. The number of nitrogens with one attached hydrogen (secondary N) is 1. The molecule has 108 valence electrons. The van der Waals surface area contributed by atoms with Crippen molar-refractivity contribution < 1.29 is 4.42 Å². The minimum atomic E-state index is 0.271. The summed E-state index contributed by atoms with van der Waals surface area (Å²) in [5.41, 5.74) is 0.271. The van der Waals surface area contributed by atoms with Crippen LogP contribution < -0.4 is 5.32 Å². The van der Waals surface area contributed by atoms with E-state index in [1.54, 1.807) is 11.3 Å². The monoisotopic (exact) mass is 292 g/mol. The summed E-state index contributed by atoms with van der Waals surface area (Å²) in [6.45, 7) is 5.16. The maximum Gasteiger partial charge on any atom is 0.257 e. The molecule has 0 spiro atoms. The van der Waals surface area contributed by atoms with E-state index in [9.17, 15) is 0 Å². The Bertz CT molecular complexity index is 543. The van der Waals surface area contributed by atoms with Crippen molar-refractivity contribution in [1.82, 2.24) is 20.4 Å². The molecule has 1 aliphatic heterocycles. The molecule has 1 saturated heterocycles. The molecule has 0 unspecified atom stereocenters. The van der Waals surface area contributed by atoms with Gasteiger partial charge < -0.3 is 9.73 Å². The predicted molar refractivity (Wildman–Crippen MR) is 79.6 cm³/mol. The summed E-state index contributed by atoms with van der Waals surface area (Å²) in [5, 5.41) is 13.7. The molecule has 1 N–H and O–H groups in total. The smallest absolute Gasteiger partial charge is 0.257 e. The Hall–Kier alpha value is -1.24. The van der Waals surface area contributed by atoms with Crippen LogP contribution in [0.3, 0.4) is 0 Å². The van der Waals surface area contributed by atoms with Gasteiger partial charge in [-0.2, -0.15) is 0 Å². The van der Waals surface area contributed by atoms with E-state index in [0.717, 1.165) is 37.4 Å².